The molecule has 0 aliphatic rings. The number of pyridine rings is 1. The van der Waals surface area contributed by atoms with Gasteiger partial charge in [0.25, 0.3) is 5.91 Å². The van der Waals surface area contributed by atoms with Crippen molar-refractivity contribution in [2.24, 2.45) is 0 Å². The lowest BCUT2D eigenvalue weighted by atomic mass is 10.1. The van der Waals surface area contributed by atoms with Gasteiger partial charge in [-0.3, -0.25) is 9.78 Å². The molecule has 0 spiro atoms. The maximum Gasteiger partial charge on any atom is 0.255 e. The van der Waals surface area contributed by atoms with Gasteiger partial charge in [0.2, 0.25) is 0 Å². The number of rotatable bonds is 4. The molecule has 1 aromatic heterocycles. The summed E-state index contributed by atoms with van der Waals surface area (Å²) in [7, 11) is 0. The van der Waals surface area contributed by atoms with Gasteiger partial charge >= 0.3 is 0 Å². The summed E-state index contributed by atoms with van der Waals surface area (Å²) in [5.74, 6) is 0.714. The van der Waals surface area contributed by atoms with E-state index in [1.54, 1.807) is 24.5 Å². The van der Waals surface area contributed by atoms with E-state index in [4.69, 9.17) is 4.74 Å². The topological polar surface area (TPSA) is 51.2 Å². The third-order valence-electron chi connectivity index (χ3n) is 3.01. The summed E-state index contributed by atoms with van der Waals surface area (Å²) in [5.41, 5.74) is 3.36. The summed E-state index contributed by atoms with van der Waals surface area (Å²) < 4.78 is 5.54. The number of nitrogens with zero attached hydrogens (tertiary/aromatic N) is 1. The molecule has 20 heavy (non-hydrogen) atoms. The average molecular weight is 270 g/mol. The van der Waals surface area contributed by atoms with Crippen LogP contribution in [0.3, 0.4) is 0 Å². The molecule has 0 aliphatic carbocycles. The Kier molecular flexibility index (Phi) is 4.35. The second kappa shape index (κ2) is 6.19. The second-order valence-corrected chi connectivity index (χ2v) is 4.56. The molecular weight excluding hydrogens is 252 g/mol. The molecule has 2 aromatic rings. The van der Waals surface area contributed by atoms with Crippen LogP contribution in [0.5, 0.6) is 5.75 Å². The van der Waals surface area contributed by atoms with Gasteiger partial charge in [0.05, 0.1) is 6.61 Å². The number of aromatic nitrogens is 1. The molecule has 0 unspecified atom stereocenters. The van der Waals surface area contributed by atoms with Crippen LogP contribution in [-0.4, -0.2) is 17.5 Å². The van der Waals surface area contributed by atoms with Crippen molar-refractivity contribution in [2.75, 3.05) is 11.9 Å². The quantitative estimate of drug-likeness (QED) is 0.927. The number of nitrogens with one attached hydrogen (secondary N) is 1. The first-order valence-electron chi connectivity index (χ1n) is 6.57. The Balaban J connectivity index is 2.22. The van der Waals surface area contributed by atoms with E-state index >= 15 is 0 Å². The minimum atomic E-state index is -0.140. The zero-order valence-electron chi connectivity index (χ0n) is 11.9. The standard InChI is InChI=1S/C16H18N2O2/c1-4-20-15-10-11(2)14(9-12(15)3)18-16(19)13-5-7-17-8-6-13/h5-10H,4H2,1-3H3,(H,18,19). The molecule has 0 aliphatic heterocycles. The highest BCUT2D eigenvalue weighted by molar-refractivity contribution is 6.04. The molecule has 1 heterocycles. The average Bonchev–Trinajstić information content (AvgIpc) is 2.45. The summed E-state index contributed by atoms with van der Waals surface area (Å²) in [5, 5.41) is 2.91. The van der Waals surface area contributed by atoms with Crippen LogP contribution in [0.1, 0.15) is 28.4 Å². The molecule has 1 aromatic carbocycles. The largest absolute Gasteiger partial charge is 0.494 e. The van der Waals surface area contributed by atoms with Crippen LogP contribution in [0.15, 0.2) is 36.7 Å². The van der Waals surface area contributed by atoms with Crippen molar-refractivity contribution >= 4 is 11.6 Å². The molecule has 4 heteroatoms. The number of carbonyl (C=O) groups is 1. The first-order chi connectivity index (χ1) is 9.61. The summed E-state index contributed by atoms with van der Waals surface area (Å²) in [6.45, 7) is 6.49. The number of hydrogen-bond donors (Lipinski definition) is 1. The third kappa shape index (κ3) is 3.15. The smallest absolute Gasteiger partial charge is 0.255 e. The second-order valence-electron chi connectivity index (χ2n) is 4.56. The van der Waals surface area contributed by atoms with Crippen molar-refractivity contribution in [2.45, 2.75) is 20.8 Å². The molecule has 0 radical (unpaired) electrons. The van der Waals surface area contributed by atoms with Crippen molar-refractivity contribution in [1.29, 1.82) is 0 Å². The van der Waals surface area contributed by atoms with E-state index in [0.717, 1.165) is 22.6 Å². The maximum absolute atomic E-state index is 12.1. The normalized spacial score (nSPS) is 10.2. The number of hydrogen-bond acceptors (Lipinski definition) is 3. The summed E-state index contributed by atoms with van der Waals surface area (Å²) in [6.07, 6.45) is 3.20. The zero-order chi connectivity index (χ0) is 14.5. The van der Waals surface area contributed by atoms with Gasteiger partial charge in [0.15, 0.2) is 0 Å². The molecular formula is C16H18N2O2. The fourth-order valence-electron chi connectivity index (χ4n) is 1.93. The van der Waals surface area contributed by atoms with Gasteiger partial charge in [-0.25, -0.2) is 0 Å². The minimum Gasteiger partial charge on any atom is -0.494 e. The highest BCUT2D eigenvalue weighted by Crippen LogP contribution is 2.26. The highest BCUT2D eigenvalue weighted by atomic mass is 16.5. The van der Waals surface area contributed by atoms with Crippen LogP contribution in [0, 0.1) is 13.8 Å². The van der Waals surface area contributed by atoms with Gasteiger partial charge in [-0.2, -0.15) is 0 Å². The lowest BCUT2D eigenvalue weighted by Gasteiger charge is -2.13. The van der Waals surface area contributed by atoms with Gasteiger partial charge in [-0.1, -0.05) is 0 Å². The molecule has 1 amide bonds. The van der Waals surface area contributed by atoms with Crippen molar-refractivity contribution in [3.05, 3.63) is 53.3 Å². The number of carbonyl (C=O) groups excluding carboxylic acids is 1. The molecule has 0 atom stereocenters. The van der Waals surface area contributed by atoms with Crippen LogP contribution >= 0.6 is 0 Å². The fraction of sp³-hybridized carbons (Fsp3) is 0.250. The molecule has 1 N–H and O–H groups in total. The fourth-order valence-corrected chi connectivity index (χ4v) is 1.93. The Hall–Kier alpha value is -2.36. The summed E-state index contributed by atoms with van der Waals surface area (Å²) >= 11 is 0. The third-order valence-corrected chi connectivity index (χ3v) is 3.01. The lowest BCUT2D eigenvalue weighted by molar-refractivity contribution is 0.102. The molecule has 0 bridgehead atoms. The molecule has 104 valence electrons. The number of ether oxygens (including phenoxy) is 1. The molecule has 4 nitrogen and oxygen atoms in total. The van der Waals surface area contributed by atoms with Gasteiger partial charge in [-0.15, -0.1) is 0 Å². The van der Waals surface area contributed by atoms with Crippen molar-refractivity contribution in [3.63, 3.8) is 0 Å². The number of amides is 1. The van der Waals surface area contributed by atoms with Crippen LogP contribution < -0.4 is 10.1 Å². The van der Waals surface area contributed by atoms with Crippen molar-refractivity contribution in [1.82, 2.24) is 4.98 Å². The van der Waals surface area contributed by atoms with E-state index < -0.39 is 0 Å². The zero-order valence-corrected chi connectivity index (χ0v) is 11.9. The van der Waals surface area contributed by atoms with Crippen LogP contribution in [-0.2, 0) is 0 Å². The Bertz CT molecular complexity index is 609. The molecule has 2 rings (SSSR count). The van der Waals surface area contributed by atoms with Crippen LogP contribution in [0.4, 0.5) is 5.69 Å². The Morgan fingerprint density at radius 1 is 1.20 bits per heavy atom. The van der Waals surface area contributed by atoms with Crippen molar-refractivity contribution < 1.29 is 9.53 Å². The number of aryl methyl sites for hydroxylation is 2. The van der Waals surface area contributed by atoms with Gasteiger partial charge < -0.3 is 10.1 Å². The van der Waals surface area contributed by atoms with E-state index in [0.29, 0.717) is 12.2 Å². The summed E-state index contributed by atoms with van der Waals surface area (Å²) in [6, 6.07) is 7.25. The van der Waals surface area contributed by atoms with Crippen LogP contribution in [0.25, 0.3) is 0 Å². The Morgan fingerprint density at radius 3 is 2.55 bits per heavy atom. The predicted molar refractivity (Wildman–Crippen MR) is 79.3 cm³/mol. The predicted octanol–water partition coefficient (Wildman–Crippen LogP) is 3.35. The molecule has 0 fully saturated rings. The van der Waals surface area contributed by atoms with Gasteiger partial charge in [0, 0.05) is 23.6 Å². The Morgan fingerprint density at radius 2 is 1.90 bits per heavy atom. The summed E-state index contributed by atoms with van der Waals surface area (Å²) in [4.78, 5) is 16.0. The molecule has 0 saturated carbocycles. The first kappa shape index (κ1) is 14.1. The van der Waals surface area contributed by atoms with E-state index in [-0.39, 0.29) is 5.91 Å². The first-order valence-corrected chi connectivity index (χ1v) is 6.57. The van der Waals surface area contributed by atoms with E-state index in [9.17, 15) is 4.79 Å². The number of benzene rings is 1. The van der Waals surface area contributed by atoms with Crippen LogP contribution in [0.2, 0.25) is 0 Å². The minimum absolute atomic E-state index is 0.140. The Labute approximate surface area is 118 Å². The SMILES string of the molecule is CCOc1cc(C)c(NC(=O)c2ccncc2)cc1C. The van der Waals surface area contributed by atoms with E-state index in [1.165, 1.54) is 0 Å². The lowest BCUT2D eigenvalue weighted by Crippen LogP contribution is -2.13. The molecule has 0 saturated heterocycles. The monoisotopic (exact) mass is 270 g/mol. The van der Waals surface area contributed by atoms with E-state index in [1.807, 2.05) is 32.9 Å². The highest BCUT2D eigenvalue weighted by Gasteiger charge is 2.10. The van der Waals surface area contributed by atoms with E-state index in [2.05, 4.69) is 10.3 Å². The van der Waals surface area contributed by atoms with Crippen molar-refractivity contribution in [3.8, 4) is 5.75 Å². The van der Waals surface area contributed by atoms with Gasteiger partial charge in [0.1, 0.15) is 5.75 Å². The number of anilines is 1. The maximum atomic E-state index is 12.1. The van der Waals surface area contributed by atoms with Gasteiger partial charge in [-0.05, 0) is 56.2 Å².